The van der Waals surface area contributed by atoms with Crippen LogP contribution in [0.4, 0.5) is 10.1 Å². The molecule has 2 aromatic carbocycles. The maximum absolute atomic E-state index is 13.5. The van der Waals surface area contributed by atoms with Crippen molar-refractivity contribution in [3.8, 4) is 0 Å². The van der Waals surface area contributed by atoms with Crippen molar-refractivity contribution < 1.29 is 14.0 Å². The highest BCUT2D eigenvalue weighted by atomic mass is 32.2. The predicted molar refractivity (Wildman–Crippen MR) is 128 cm³/mol. The number of anilines is 1. The molecule has 2 heterocycles. The zero-order valence-corrected chi connectivity index (χ0v) is 19.0. The average molecular weight is 452 g/mol. The lowest BCUT2D eigenvalue weighted by atomic mass is 9.92. The summed E-state index contributed by atoms with van der Waals surface area (Å²) < 4.78 is 13.5. The van der Waals surface area contributed by atoms with Gasteiger partial charge in [-0.2, -0.15) is 0 Å². The zero-order valence-electron chi connectivity index (χ0n) is 18.2. The lowest BCUT2D eigenvalue weighted by molar-refractivity contribution is -0.131. The Morgan fingerprint density at radius 2 is 1.75 bits per heavy atom. The number of thioether (sulfide) groups is 1. The molecule has 1 saturated heterocycles. The van der Waals surface area contributed by atoms with Crippen LogP contribution in [0.5, 0.6) is 0 Å². The van der Waals surface area contributed by atoms with Crippen LogP contribution in [-0.4, -0.2) is 40.7 Å². The van der Waals surface area contributed by atoms with Crippen LogP contribution < -0.4 is 4.90 Å². The van der Waals surface area contributed by atoms with Gasteiger partial charge >= 0.3 is 0 Å². The third kappa shape index (κ3) is 5.10. The number of hydrogen-bond donors (Lipinski definition) is 0. The van der Waals surface area contributed by atoms with E-state index in [0.717, 1.165) is 25.1 Å². The molecule has 5 nitrogen and oxygen atoms in total. The summed E-state index contributed by atoms with van der Waals surface area (Å²) in [5, 5.41) is 0.426. The van der Waals surface area contributed by atoms with Crippen LogP contribution in [0.25, 0.3) is 6.08 Å². The average Bonchev–Trinajstić information content (AvgIpc) is 3.07. The molecule has 7 heteroatoms. The van der Waals surface area contributed by atoms with E-state index in [2.05, 4.69) is 18.8 Å². The molecule has 166 valence electrons. The van der Waals surface area contributed by atoms with Gasteiger partial charge in [-0.1, -0.05) is 55.9 Å². The highest BCUT2D eigenvalue weighted by molar-refractivity contribution is 8.14. The fourth-order valence-electron chi connectivity index (χ4n) is 4.20. The maximum atomic E-state index is 13.5. The second-order valence-corrected chi connectivity index (χ2v) is 9.43. The van der Waals surface area contributed by atoms with Gasteiger partial charge in [-0.05, 0) is 54.2 Å². The molecule has 2 aliphatic rings. The summed E-state index contributed by atoms with van der Waals surface area (Å²) in [5.74, 6) is 0.527. The molecule has 0 aliphatic carbocycles. The van der Waals surface area contributed by atoms with Gasteiger partial charge in [0, 0.05) is 13.1 Å². The van der Waals surface area contributed by atoms with Crippen molar-refractivity contribution in [3.05, 3.63) is 71.7 Å². The lowest BCUT2D eigenvalue weighted by Gasteiger charge is -2.35. The molecule has 0 unspecified atom stereocenters. The number of carbonyl (C=O) groups is 2. The number of halogens is 1. The maximum Gasteiger partial charge on any atom is 0.283 e. The molecule has 4 rings (SSSR count). The number of piperidine rings is 1. The van der Waals surface area contributed by atoms with E-state index in [1.807, 2.05) is 35.2 Å². The van der Waals surface area contributed by atoms with Gasteiger partial charge in [-0.25, -0.2) is 9.38 Å². The van der Waals surface area contributed by atoms with E-state index in [4.69, 9.17) is 0 Å². The quantitative estimate of drug-likeness (QED) is 0.627. The molecule has 1 fully saturated rings. The first-order chi connectivity index (χ1) is 15.4. The fourth-order valence-corrected chi connectivity index (χ4v) is 5.12. The number of hydrogen-bond acceptors (Lipinski definition) is 4. The Morgan fingerprint density at radius 1 is 1.09 bits per heavy atom. The van der Waals surface area contributed by atoms with Gasteiger partial charge in [0.25, 0.3) is 5.91 Å². The minimum atomic E-state index is -0.380. The van der Waals surface area contributed by atoms with Crippen LogP contribution in [-0.2, 0) is 9.59 Å². The second kappa shape index (κ2) is 9.69. The lowest BCUT2D eigenvalue weighted by Crippen LogP contribution is -2.43. The fraction of sp³-hybridized carbons (Fsp3) is 0.320. The molecular formula is C25H26FN3O2S. The molecule has 0 aromatic heterocycles. The Bertz CT molecular complexity index is 1040. The summed E-state index contributed by atoms with van der Waals surface area (Å²) in [6, 6.07) is 15.2. The number of amidine groups is 1. The number of likely N-dealkylation sites (tertiary alicyclic amines) is 1. The highest BCUT2D eigenvalue weighted by Gasteiger charge is 2.33. The van der Waals surface area contributed by atoms with Crippen molar-refractivity contribution >= 4 is 40.5 Å². The zero-order chi connectivity index (χ0) is 22.7. The second-order valence-electron chi connectivity index (χ2n) is 8.49. The SMILES string of the molecule is C[C@@H]1C[C@H](C)CN(C(=O)CSC2=N/C(=C/c3ccccc3)C(=O)N2c2ccc(F)cc2)C1. The standard InChI is InChI=1S/C25H26FN3O2S/c1-17-12-18(2)15-28(14-17)23(30)16-32-25-27-22(13-19-6-4-3-5-7-19)24(31)29(25)21-10-8-20(26)9-11-21/h3-11,13,17-18H,12,14-16H2,1-2H3/b22-13+/t17-,18+. The summed E-state index contributed by atoms with van der Waals surface area (Å²) in [7, 11) is 0. The number of aliphatic imine (C=N–C) groups is 1. The van der Waals surface area contributed by atoms with Gasteiger partial charge in [0.2, 0.25) is 5.91 Å². The Hall–Kier alpha value is -2.93. The monoisotopic (exact) mass is 451 g/mol. The Morgan fingerprint density at radius 3 is 2.41 bits per heavy atom. The van der Waals surface area contributed by atoms with Gasteiger partial charge in [0.1, 0.15) is 11.5 Å². The van der Waals surface area contributed by atoms with Gasteiger partial charge in [0.15, 0.2) is 5.17 Å². The molecule has 0 saturated carbocycles. The summed E-state index contributed by atoms with van der Waals surface area (Å²) in [6.07, 6.45) is 2.85. The number of amides is 2. The van der Waals surface area contributed by atoms with Crippen LogP contribution in [0.15, 0.2) is 65.3 Å². The van der Waals surface area contributed by atoms with Crippen molar-refractivity contribution in [2.45, 2.75) is 20.3 Å². The van der Waals surface area contributed by atoms with Crippen LogP contribution >= 0.6 is 11.8 Å². The minimum Gasteiger partial charge on any atom is -0.341 e. The van der Waals surface area contributed by atoms with Gasteiger partial charge < -0.3 is 4.90 Å². The minimum absolute atomic E-state index is 0.0445. The van der Waals surface area contributed by atoms with E-state index in [0.29, 0.717) is 22.7 Å². The largest absolute Gasteiger partial charge is 0.341 e. The van der Waals surface area contributed by atoms with E-state index in [9.17, 15) is 14.0 Å². The molecule has 0 radical (unpaired) electrons. The number of benzene rings is 2. The van der Waals surface area contributed by atoms with Crippen LogP contribution in [0.1, 0.15) is 25.8 Å². The first-order valence-electron chi connectivity index (χ1n) is 10.8. The number of carbonyl (C=O) groups excluding carboxylic acids is 2. The van der Waals surface area contributed by atoms with Crippen LogP contribution in [0.3, 0.4) is 0 Å². The number of nitrogens with zero attached hydrogens (tertiary/aromatic N) is 3. The molecule has 2 atom stereocenters. The molecular weight excluding hydrogens is 425 g/mol. The molecule has 2 aromatic rings. The Kier molecular flexibility index (Phi) is 6.74. The van der Waals surface area contributed by atoms with Crippen molar-refractivity contribution in [1.29, 1.82) is 0 Å². The van der Waals surface area contributed by atoms with E-state index in [-0.39, 0.29) is 29.1 Å². The molecule has 0 bridgehead atoms. The third-order valence-corrected chi connectivity index (χ3v) is 6.49. The first-order valence-corrected chi connectivity index (χ1v) is 11.8. The molecule has 32 heavy (non-hydrogen) atoms. The van der Waals surface area contributed by atoms with E-state index in [1.165, 1.54) is 28.8 Å². The molecule has 0 spiro atoms. The summed E-state index contributed by atoms with van der Waals surface area (Å²) in [4.78, 5) is 34.0. The van der Waals surface area contributed by atoms with Gasteiger partial charge in [0.05, 0.1) is 11.4 Å². The van der Waals surface area contributed by atoms with Crippen molar-refractivity contribution in [2.24, 2.45) is 16.8 Å². The third-order valence-electron chi connectivity index (χ3n) is 5.56. The predicted octanol–water partition coefficient (Wildman–Crippen LogP) is 4.81. The summed E-state index contributed by atoms with van der Waals surface area (Å²) in [6.45, 7) is 5.85. The summed E-state index contributed by atoms with van der Waals surface area (Å²) >= 11 is 1.24. The van der Waals surface area contributed by atoms with E-state index >= 15 is 0 Å². The molecule has 0 N–H and O–H groups in total. The Labute approximate surface area is 192 Å². The normalized spacial score (nSPS) is 22.4. The number of rotatable bonds is 4. The topological polar surface area (TPSA) is 53.0 Å². The molecule has 2 aliphatic heterocycles. The van der Waals surface area contributed by atoms with Crippen LogP contribution in [0, 0.1) is 17.7 Å². The van der Waals surface area contributed by atoms with Gasteiger partial charge in [-0.15, -0.1) is 0 Å². The van der Waals surface area contributed by atoms with E-state index in [1.54, 1.807) is 18.2 Å². The Balaban J connectivity index is 1.56. The molecule has 2 amide bonds. The smallest absolute Gasteiger partial charge is 0.283 e. The van der Waals surface area contributed by atoms with Gasteiger partial charge in [-0.3, -0.25) is 14.5 Å². The highest BCUT2D eigenvalue weighted by Crippen LogP contribution is 2.30. The first kappa shape index (κ1) is 22.3. The summed E-state index contributed by atoms with van der Waals surface area (Å²) in [5.41, 5.74) is 1.67. The van der Waals surface area contributed by atoms with Crippen molar-refractivity contribution in [2.75, 3.05) is 23.7 Å². The van der Waals surface area contributed by atoms with Crippen molar-refractivity contribution in [1.82, 2.24) is 4.90 Å². The van der Waals surface area contributed by atoms with Crippen LogP contribution in [0.2, 0.25) is 0 Å². The van der Waals surface area contributed by atoms with Crippen molar-refractivity contribution in [3.63, 3.8) is 0 Å². The van der Waals surface area contributed by atoms with E-state index < -0.39 is 0 Å².